The Morgan fingerprint density at radius 1 is 1.63 bits per heavy atom. The van der Waals surface area contributed by atoms with Crippen molar-refractivity contribution < 1.29 is 18.3 Å². The molecule has 0 unspecified atom stereocenters. The fourth-order valence-corrected chi connectivity index (χ4v) is 2.22. The molecule has 1 aromatic heterocycles. The first kappa shape index (κ1) is 15.5. The molecule has 1 heterocycles. The number of ether oxygens (including phenoxy) is 1. The maximum atomic E-state index is 13.0. The van der Waals surface area contributed by atoms with E-state index in [1.54, 1.807) is 13.0 Å². The highest BCUT2D eigenvalue weighted by atomic mass is 79.9. The minimum Gasteiger partial charge on any atom is -0.466 e. The number of nitrogens with zero attached hydrogens (tertiary/aromatic N) is 2. The molecular formula is C12H11BrF2N2O2. The zero-order chi connectivity index (χ0) is 14.4. The van der Waals surface area contributed by atoms with Gasteiger partial charge in [-0.05, 0) is 12.5 Å². The molecule has 0 aromatic carbocycles. The molecule has 19 heavy (non-hydrogen) atoms. The molecule has 102 valence electrons. The van der Waals surface area contributed by atoms with Gasteiger partial charge in [-0.2, -0.15) is 5.26 Å². The lowest BCUT2D eigenvalue weighted by Crippen LogP contribution is -2.13. The maximum Gasteiger partial charge on any atom is 0.311 e. The van der Waals surface area contributed by atoms with E-state index in [0.717, 1.165) is 6.20 Å². The van der Waals surface area contributed by atoms with Crippen molar-refractivity contribution in [3.63, 3.8) is 0 Å². The molecule has 1 rings (SSSR count). The van der Waals surface area contributed by atoms with E-state index in [-0.39, 0.29) is 40.7 Å². The second-order valence-electron chi connectivity index (χ2n) is 3.54. The predicted octanol–water partition coefficient (Wildman–Crippen LogP) is 2.89. The third-order valence-electron chi connectivity index (χ3n) is 2.40. The summed E-state index contributed by atoms with van der Waals surface area (Å²) in [4.78, 5) is 15.3. The lowest BCUT2D eigenvalue weighted by molar-refractivity contribution is -0.142. The lowest BCUT2D eigenvalue weighted by Gasteiger charge is -2.12. The van der Waals surface area contributed by atoms with E-state index in [1.165, 1.54) is 0 Å². The summed E-state index contributed by atoms with van der Waals surface area (Å²) < 4.78 is 30.8. The normalized spacial score (nSPS) is 10.3. The van der Waals surface area contributed by atoms with Crippen LogP contribution in [0.3, 0.4) is 0 Å². The number of rotatable bonds is 5. The summed E-state index contributed by atoms with van der Waals surface area (Å²) in [7, 11) is 0. The molecule has 0 saturated heterocycles. The molecule has 0 saturated carbocycles. The number of pyridine rings is 1. The van der Waals surface area contributed by atoms with Crippen LogP contribution in [0.15, 0.2) is 6.20 Å². The fraction of sp³-hybridized carbons (Fsp3) is 0.417. The Bertz CT molecular complexity index is 515. The van der Waals surface area contributed by atoms with Gasteiger partial charge in [-0.1, -0.05) is 15.9 Å². The van der Waals surface area contributed by atoms with Gasteiger partial charge >= 0.3 is 5.97 Å². The summed E-state index contributed by atoms with van der Waals surface area (Å²) in [6.07, 6.45) is -1.94. The van der Waals surface area contributed by atoms with Crippen LogP contribution in [0.2, 0.25) is 0 Å². The number of alkyl halides is 3. The molecule has 0 spiro atoms. The Morgan fingerprint density at radius 2 is 2.32 bits per heavy atom. The number of carbonyl (C=O) groups is 1. The minimum absolute atomic E-state index is 0.0872. The zero-order valence-corrected chi connectivity index (χ0v) is 11.7. The lowest BCUT2D eigenvalue weighted by atomic mass is 10.0. The van der Waals surface area contributed by atoms with Crippen LogP contribution in [0.25, 0.3) is 0 Å². The molecule has 0 aliphatic rings. The maximum absolute atomic E-state index is 13.0. The van der Waals surface area contributed by atoms with Gasteiger partial charge in [0.15, 0.2) is 0 Å². The Labute approximate surface area is 117 Å². The van der Waals surface area contributed by atoms with Crippen LogP contribution >= 0.6 is 15.9 Å². The molecule has 0 amide bonds. The number of carbonyl (C=O) groups excluding carboxylic acids is 1. The molecule has 0 fully saturated rings. The molecule has 0 aliphatic heterocycles. The van der Waals surface area contributed by atoms with E-state index in [1.807, 2.05) is 0 Å². The summed E-state index contributed by atoms with van der Waals surface area (Å²) in [6, 6.07) is 1.68. The highest BCUT2D eigenvalue weighted by Gasteiger charge is 2.22. The van der Waals surface area contributed by atoms with Crippen molar-refractivity contribution in [2.75, 3.05) is 6.61 Å². The fourth-order valence-electron chi connectivity index (χ4n) is 1.60. The van der Waals surface area contributed by atoms with E-state index in [0.29, 0.717) is 0 Å². The van der Waals surface area contributed by atoms with Gasteiger partial charge in [-0.25, -0.2) is 8.78 Å². The van der Waals surface area contributed by atoms with Crippen LogP contribution in [0.1, 0.15) is 35.7 Å². The summed E-state index contributed by atoms with van der Waals surface area (Å²) in [5, 5.41) is 8.90. The van der Waals surface area contributed by atoms with Gasteiger partial charge in [-0.3, -0.25) is 9.78 Å². The van der Waals surface area contributed by atoms with Crippen molar-refractivity contribution in [1.82, 2.24) is 4.98 Å². The van der Waals surface area contributed by atoms with Crippen molar-refractivity contribution in [3.05, 3.63) is 28.6 Å². The number of nitriles is 1. The zero-order valence-electron chi connectivity index (χ0n) is 10.1. The van der Waals surface area contributed by atoms with Gasteiger partial charge in [0.2, 0.25) is 0 Å². The number of aromatic nitrogens is 1. The van der Waals surface area contributed by atoms with E-state index in [9.17, 15) is 13.6 Å². The highest BCUT2D eigenvalue weighted by molar-refractivity contribution is 9.08. The van der Waals surface area contributed by atoms with Crippen molar-refractivity contribution in [3.8, 4) is 6.07 Å². The van der Waals surface area contributed by atoms with Crippen LogP contribution in [0.5, 0.6) is 0 Å². The average Bonchev–Trinajstić information content (AvgIpc) is 2.38. The Balaban J connectivity index is 3.24. The van der Waals surface area contributed by atoms with Gasteiger partial charge in [0.05, 0.1) is 24.3 Å². The molecule has 7 heteroatoms. The van der Waals surface area contributed by atoms with E-state index < -0.39 is 12.4 Å². The number of halogens is 3. The first-order valence-electron chi connectivity index (χ1n) is 5.45. The number of hydrogen-bond acceptors (Lipinski definition) is 4. The van der Waals surface area contributed by atoms with E-state index >= 15 is 0 Å². The monoisotopic (exact) mass is 332 g/mol. The average molecular weight is 333 g/mol. The third kappa shape index (κ3) is 3.70. The molecule has 0 aliphatic carbocycles. The summed E-state index contributed by atoms with van der Waals surface area (Å²) in [5.41, 5.74) is -0.197. The number of hydrogen-bond donors (Lipinski definition) is 0. The second kappa shape index (κ2) is 7.14. The van der Waals surface area contributed by atoms with Crippen molar-refractivity contribution in [2.45, 2.75) is 25.1 Å². The third-order valence-corrected chi connectivity index (χ3v) is 2.96. The quantitative estimate of drug-likeness (QED) is 0.614. The topological polar surface area (TPSA) is 63.0 Å². The molecule has 1 aromatic rings. The SMILES string of the molecule is CCOC(=O)Cc1ncc(C#N)c(C(F)F)c1CBr. The van der Waals surface area contributed by atoms with E-state index in [4.69, 9.17) is 10.00 Å². The van der Waals surface area contributed by atoms with Gasteiger partial charge in [0.25, 0.3) is 6.43 Å². The van der Waals surface area contributed by atoms with Crippen LogP contribution in [-0.2, 0) is 21.3 Å². The first-order chi connectivity index (χ1) is 9.04. The minimum atomic E-state index is -2.80. The standard InChI is InChI=1S/C12H11BrF2N2O2/c1-2-19-10(18)3-9-8(4-13)11(12(14)15)7(5-16)6-17-9/h6,12H,2-4H2,1H3. The molecule has 0 bridgehead atoms. The molecule has 0 radical (unpaired) electrons. The summed E-state index contributed by atoms with van der Waals surface area (Å²) in [5.74, 6) is -0.540. The van der Waals surface area contributed by atoms with Crippen LogP contribution in [0.4, 0.5) is 8.78 Å². The van der Waals surface area contributed by atoms with Gasteiger partial charge in [0.1, 0.15) is 6.07 Å². The molecule has 4 nitrogen and oxygen atoms in total. The Kier molecular flexibility index (Phi) is 5.83. The highest BCUT2D eigenvalue weighted by Crippen LogP contribution is 2.29. The first-order valence-corrected chi connectivity index (χ1v) is 6.57. The largest absolute Gasteiger partial charge is 0.466 e. The van der Waals surface area contributed by atoms with Crippen molar-refractivity contribution in [1.29, 1.82) is 5.26 Å². The van der Waals surface area contributed by atoms with E-state index in [2.05, 4.69) is 20.9 Å². The van der Waals surface area contributed by atoms with Crippen LogP contribution in [-0.4, -0.2) is 17.6 Å². The van der Waals surface area contributed by atoms with Gasteiger partial charge in [-0.15, -0.1) is 0 Å². The summed E-state index contributed by atoms with van der Waals surface area (Å²) in [6.45, 7) is 1.86. The Morgan fingerprint density at radius 3 is 2.79 bits per heavy atom. The Hall–Kier alpha value is -1.55. The van der Waals surface area contributed by atoms with Crippen LogP contribution in [0, 0.1) is 11.3 Å². The molecule has 0 N–H and O–H groups in total. The van der Waals surface area contributed by atoms with Crippen molar-refractivity contribution in [2.24, 2.45) is 0 Å². The summed E-state index contributed by atoms with van der Waals surface area (Å²) >= 11 is 3.08. The van der Waals surface area contributed by atoms with Gasteiger partial charge < -0.3 is 4.74 Å². The molecule has 0 atom stereocenters. The number of esters is 1. The predicted molar refractivity (Wildman–Crippen MR) is 66.9 cm³/mol. The van der Waals surface area contributed by atoms with Crippen LogP contribution < -0.4 is 0 Å². The van der Waals surface area contributed by atoms with Gasteiger partial charge in [0, 0.05) is 17.1 Å². The molecular weight excluding hydrogens is 322 g/mol. The second-order valence-corrected chi connectivity index (χ2v) is 4.10. The van der Waals surface area contributed by atoms with Crippen molar-refractivity contribution >= 4 is 21.9 Å². The smallest absolute Gasteiger partial charge is 0.311 e.